The SMILES string of the molecule is C[C@@H](C(=O)Nc1cccnc1)N(c1cccc(Cl)c1)S(C)(=O)=O. The van der Waals surface area contributed by atoms with Crippen molar-refractivity contribution >= 4 is 38.9 Å². The minimum atomic E-state index is -3.67. The molecule has 1 N–H and O–H groups in total. The Kier molecular flexibility index (Phi) is 5.23. The zero-order chi connectivity index (χ0) is 17.0. The minimum Gasteiger partial charge on any atom is -0.323 e. The Morgan fingerprint density at radius 2 is 2.04 bits per heavy atom. The van der Waals surface area contributed by atoms with Gasteiger partial charge in [-0.25, -0.2) is 8.42 Å². The molecule has 1 amide bonds. The number of rotatable bonds is 5. The molecule has 0 aliphatic rings. The summed E-state index contributed by atoms with van der Waals surface area (Å²) < 4.78 is 25.3. The topological polar surface area (TPSA) is 79.4 Å². The first-order valence-corrected chi connectivity index (χ1v) is 8.97. The van der Waals surface area contributed by atoms with Gasteiger partial charge >= 0.3 is 0 Å². The summed E-state index contributed by atoms with van der Waals surface area (Å²) in [5, 5.41) is 3.02. The van der Waals surface area contributed by atoms with Gasteiger partial charge in [-0.05, 0) is 37.3 Å². The van der Waals surface area contributed by atoms with E-state index in [9.17, 15) is 13.2 Å². The molecule has 1 aromatic carbocycles. The average Bonchev–Trinajstić information content (AvgIpc) is 2.47. The van der Waals surface area contributed by atoms with E-state index < -0.39 is 22.0 Å². The highest BCUT2D eigenvalue weighted by molar-refractivity contribution is 7.92. The van der Waals surface area contributed by atoms with E-state index in [0.29, 0.717) is 16.4 Å². The summed E-state index contributed by atoms with van der Waals surface area (Å²) in [4.78, 5) is 16.3. The molecule has 2 rings (SSSR count). The third kappa shape index (κ3) is 4.43. The fourth-order valence-electron chi connectivity index (χ4n) is 2.11. The highest BCUT2D eigenvalue weighted by atomic mass is 35.5. The van der Waals surface area contributed by atoms with Crippen LogP contribution in [0, 0.1) is 0 Å². The van der Waals surface area contributed by atoms with E-state index in [-0.39, 0.29) is 0 Å². The largest absolute Gasteiger partial charge is 0.323 e. The molecule has 6 nitrogen and oxygen atoms in total. The van der Waals surface area contributed by atoms with Crippen molar-refractivity contribution in [2.45, 2.75) is 13.0 Å². The summed E-state index contributed by atoms with van der Waals surface area (Å²) in [6.45, 7) is 1.51. The third-order valence-corrected chi connectivity index (χ3v) is 4.56. The summed E-state index contributed by atoms with van der Waals surface area (Å²) in [6.07, 6.45) is 4.10. The van der Waals surface area contributed by atoms with Crippen LogP contribution in [0.25, 0.3) is 0 Å². The average molecular weight is 354 g/mol. The molecule has 8 heteroatoms. The lowest BCUT2D eigenvalue weighted by Gasteiger charge is -2.28. The molecule has 23 heavy (non-hydrogen) atoms. The summed E-state index contributed by atoms with van der Waals surface area (Å²) in [6, 6.07) is 8.72. The van der Waals surface area contributed by atoms with Crippen molar-refractivity contribution in [3.05, 3.63) is 53.8 Å². The first-order chi connectivity index (χ1) is 10.8. The smallest absolute Gasteiger partial charge is 0.248 e. The molecule has 1 heterocycles. The summed E-state index contributed by atoms with van der Waals surface area (Å²) in [5.74, 6) is -0.469. The van der Waals surface area contributed by atoms with E-state index in [1.807, 2.05) is 0 Å². The normalized spacial score (nSPS) is 12.5. The van der Waals surface area contributed by atoms with Gasteiger partial charge in [0.05, 0.1) is 23.8 Å². The van der Waals surface area contributed by atoms with Crippen LogP contribution in [0.5, 0.6) is 0 Å². The van der Waals surface area contributed by atoms with Crippen molar-refractivity contribution in [1.82, 2.24) is 4.98 Å². The third-order valence-electron chi connectivity index (χ3n) is 3.08. The van der Waals surface area contributed by atoms with Crippen LogP contribution in [0.4, 0.5) is 11.4 Å². The van der Waals surface area contributed by atoms with Gasteiger partial charge in [-0.2, -0.15) is 0 Å². The highest BCUT2D eigenvalue weighted by Gasteiger charge is 2.29. The molecule has 0 fully saturated rings. The molecule has 0 saturated heterocycles. The zero-order valence-electron chi connectivity index (χ0n) is 12.6. The molecule has 0 aliphatic heterocycles. The van der Waals surface area contributed by atoms with Crippen LogP contribution in [-0.4, -0.2) is 31.6 Å². The van der Waals surface area contributed by atoms with Crippen LogP contribution in [0.1, 0.15) is 6.92 Å². The molecule has 0 radical (unpaired) electrons. The number of pyridine rings is 1. The maximum absolute atomic E-state index is 12.4. The maximum Gasteiger partial charge on any atom is 0.248 e. The number of sulfonamides is 1. The number of carbonyl (C=O) groups is 1. The van der Waals surface area contributed by atoms with Crippen LogP contribution < -0.4 is 9.62 Å². The molecule has 0 saturated carbocycles. The second kappa shape index (κ2) is 6.97. The van der Waals surface area contributed by atoms with Gasteiger partial charge in [0.2, 0.25) is 15.9 Å². The highest BCUT2D eigenvalue weighted by Crippen LogP contribution is 2.24. The number of benzene rings is 1. The molecule has 1 atom stereocenters. The van der Waals surface area contributed by atoms with Gasteiger partial charge in [0, 0.05) is 11.2 Å². The van der Waals surface area contributed by atoms with Gasteiger partial charge < -0.3 is 5.32 Å². The van der Waals surface area contributed by atoms with Crippen LogP contribution >= 0.6 is 11.6 Å². The van der Waals surface area contributed by atoms with Gasteiger partial charge in [-0.15, -0.1) is 0 Å². The standard InChI is InChI=1S/C15H16ClN3O3S/c1-11(15(20)18-13-6-4-8-17-10-13)19(23(2,21)22)14-7-3-5-12(16)9-14/h3-11H,1-2H3,(H,18,20)/t11-/m0/s1. The Bertz CT molecular complexity index is 797. The molecule has 2 aromatic rings. The number of amides is 1. The van der Waals surface area contributed by atoms with Crippen molar-refractivity contribution in [1.29, 1.82) is 0 Å². The predicted octanol–water partition coefficient (Wildman–Crippen LogP) is 2.53. The number of nitrogens with one attached hydrogen (secondary N) is 1. The molecule has 0 aliphatic carbocycles. The number of aromatic nitrogens is 1. The van der Waals surface area contributed by atoms with Crippen molar-refractivity contribution in [2.24, 2.45) is 0 Å². The van der Waals surface area contributed by atoms with Gasteiger partial charge in [-0.1, -0.05) is 17.7 Å². The van der Waals surface area contributed by atoms with Gasteiger partial charge in [0.25, 0.3) is 0 Å². The lowest BCUT2D eigenvalue weighted by atomic mass is 10.2. The minimum absolute atomic E-state index is 0.328. The zero-order valence-corrected chi connectivity index (χ0v) is 14.2. The Balaban J connectivity index is 2.31. The van der Waals surface area contributed by atoms with Crippen LogP contribution in [0.2, 0.25) is 5.02 Å². The summed E-state index contributed by atoms with van der Waals surface area (Å²) >= 11 is 5.92. The first-order valence-electron chi connectivity index (χ1n) is 6.75. The van der Waals surface area contributed by atoms with Crippen molar-refractivity contribution in [2.75, 3.05) is 15.9 Å². The summed E-state index contributed by atoms with van der Waals surface area (Å²) in [5.41, 5.74) is 0.817. The van der Waals surface area contributed by atoms with E-state index >= 15 is 0 Å². The van der Waals surface area contributed by atoms with E-state index in [2.05, 4.69) is 10.3 Å². The Morgan fingerprint density at radius 3 is 2.61 bits per heavy atom. The Labute approximate surface area is 140 Å². The van der Waals surface area contributed by atoms with E-state index in [1.165, 1.54) is 19.2 Å². The van der Waals surface area contributed by atoms with Crippen molar-refractivity contribution < 1.29 is 13.2 Å². The first kappa shape index (κ1) is 17.2. The maximum atomic E-state index is 12.4. The lowest BCUT2D eigenvalue weighted by molar-refractivity contribution is -0.116. The Hall–Kier alpha value is -2.12. The van der Waals surface area contributed by atoms with Crippen molar-refractivity contribution in [3.63, 3.8) is 0 Å². The van der Waals surface area contributed by atoms with E-state index in [4.69, 9.17) is 11.6 Å². The second-order valence-electron chi connectivity index (χ2n) is 4.95. The number of hydrogen-bond donors (Lipinski definition) is 1. The number of hydrogen-bond acceptors (Lipinski definition) is 4. The van der Waals surface area contributed by atoms with Crippen molar-refractivity contribution in [3.8, 4) is 0 Å². The van der Waals surface area contributed by atoms with E-state index in [1.54, 1.807) is 36.5 Å². The number of carbonyl (C=O) groups excluding carboxylic acids is 1. The van der Waals surface area contributed by atoms with E-state index in [0.717, 1.165) is 10.6 Å². The molecule has 1 aromatic heterocycles. The monoisotopic (exact) mass is 353 g/mol. The lowest BCUT2D eigenvalue weighted by Crippen LogP contribution is -2.45. The van der Waals surface area contributed by atoms with Crippen LogP contribution in [0.3, 0.4) is 0 Å². The number of nitrogens with zero attached hydrogens (tertiary/aromatic N) is 2. The fraction of sp³-hybridized carbons (Fsp3) is 0.200. The van der Waals surface area contributed by atoms with Crippen LogP contribution in [-0.2, 0) is 14.8 Å². The number of halogens is 1. The molecular weight excluding hydrogens is 338 g/mol. The van der Waals surface area contributed by atoms with Gasteiger partial charge in [0.1, 0.15) is 6.04 Å². The molecular formula is C15H16ClN3O3S. The molecule has 0 spiro atoms. The summed E-state index contributed by atoms with van der Waals surface area (Å²) in [7, 11) is -3.67. The fourth-order valence-corrected chi connectivity index (χ4v) is 3.46. The predicted molar refractivity (Wildman–Crippen MR) is 91.1 cm³/mol. The molecule has 0 unspecified atom stereocenters. The molecule has 0 bridgehead atoms. The quantitative estimate of drug-likeness (QED) is 0.895. The van der Waals surface area contributed by atoms with Crippen LogP contribution in [0.15, 0.2) is 48.8 Å². The Morgan fingerprint density at radius 1 is 1.30 bits per heavy atom. The number of anilines is 2. The van der Waals surface area contributed by atoms with Gasteiger partial charge in [-0.3, -0.25) is 14.1 Å². The second-order valence-corrected chi connectivity index (χ2v) is 7.24. The molecule has 122 valence electrons. The van der Waals surface area contributed by atoms with Gasteiger partial charge in [0.15, 0.2) is 0 Å².